The quantitative estimate of drug-likeness (QED) is 0.717. The highest BCUT2D eigenvalue weighted by Crippen LogP contribution is 2.29. The first-order chi connectivity index (χ1) is 7.70. The summed E-state index contributed by atoms with van der Waals surface area (Å²) >= 11 is 0. The van der Waals surface area contributed by atoms with E-state index in [0.717, 1.165) is 0 Å². The number of aromatic nitrogens is 2. The van der Waals surface area contributed by atoms with Gasteiger partial charge in [0.05, 0.1) is 0 Å². The molecule has 17 heavy (non-hydrogen) atoms. The van der Waals surface area contributed by atoms with Crippen molar-refractivity contribution in [3.8, 4) is 0 Å². The van der Waals surface area contributed by atoms with Gasteiger partial charge in [0.25, 0.3) is 0 Å². The largest absolute Gasteiger partial charge is 0.433 e. The summed E-state index contributed by atoms with van der Waals surface area (Å²) in [4.78, 5) is 17.3. The molecule has 0 aliphatic heterocycles. The van der Waals surface area contributed by atoms with Crippen LogP contribution in [0.4, 0.5) is 24.9 Å². The van der Waals surface area contributed by atoms with Gasteiger partial charge >= 0.3 is 6.18 Å². The Labute approximate surface area is 94.2 Å². The first-order valence-electron chi connectivity index (χ1n) is 4.47. The van der Waals surface area contributed by atoms with Crippen LogP contribution in [0.1, 0.15) is 12.6 Å². The molecule has 0 aromatic carbocycles. The van der Waals surface area contributed by atoms with E-state index in [1.54, 1.807) is 0 Å². The molecule has 1 amide bonds. The van der Waals surface area contributed by atoms with Crippen LogP contribution < -0.4 is 16.8 Å². The van der Waals surface area contributed by atoms with Crippen molar-refractivity contribution in [2.45, 2.75) is 19.1 Å². The average molecular weight is 249 g/mol. The number of hydrogen-bond acceptors (Lipinski definition) is 5. The van der Waals surface area contributed by atoms with Crippen molar-refractivity contribution >= 4 is 17.7 Å². The zero-order valence-corrected chi connectivity index (χ0v) is 8.75. The Kier molecular flexibility index (Phi) is 3.39. The third-order valence-electron chi connectivity index (χ3n) is 1.83. The number of alkyl halides is 3. The molecular weight excluding hydrogens is 239 g/mol. The van der Waals surface area contributed by atoms with Crippen LogP contribution in [0.15, 0.2) is 6.07 Å². The lowest BCUT2D eigenvalue weighted by atomic mass is 10.3. The second-order valence-electron chi connectivity index (χ2n) is 3.26. The van der Waals surface area contributed by atoms with Crippen LogP contribution in [-0.4, -0.2) is 21.9 Å². The minimum absolute atomic E-state index is 0.212. The maximum Gasteiger partial charge on any atom is 0.433 e. The zero-order valence-electron chi connectivity index (χ0n) is 8.75. The van der Waals surface area contributed by atoms with E-state index in [2.05, 4.69) is 15.3 Å². The molecule has 0 spiro atoms. The molecule has 1 aromatic heterocycles. The Morgan fingerprint density at radius 3 is 2.53 bits per heavy atom. The third-order valence-corrected chi connectivity index (χ3v) is 1.83. The number of carbonyl (C=O) groups is 1. The van der Waals surface area contributed by atoms with Gasteiger partial charge in [-0.1, -0.05) is 0 Å². The number of halogens is 3. The van der Waals surface area contributed by atoms with Crippen LogP contribution in [0.2, 0.25) is 0 Å². The van der Waals surface area contributed by atoms with Crippen molar-refractivity contribution in [1.82, 2.24) is 9.97 Å². The SMILES string of the molecule is CC(Nc1cc(C(F)(F)F)nc(N)n1)C(N)=O. The van der Waals surface area contributed by atoms with Gasteiger partial charge in [0.1, 0.15) is 11.9 Å². The smallest absolute Gasteiger partial charge is 0.368 e. The van der Waals surface area contributed by atoms with E-state index in [1.807, 2.05) is 0 Å². The van der Waals surface area contributed by atoms with Crippen LogP contribution in [0.5, 0.6) is 0 Å². The second kappa shape index (κ2) is 4.44. The maximum absolute atomic E-state index is 12.4. The molecule has 1 aromatic rings. The number of nitrogens with zero attached hydrogens (tertiary/aromatic N) is 2. The van der Waals surface area contributed by atoms with Crippen LogP contribution in [0.25, 0.3) is 0 Å². The summed E-state index contributed by atoms with van der Waals surface area (Å²) in [6.07, 6.45) is -4.64. The lowest BCUT2D eigenvalue weighted by Crippen LogP contribution is -2.33. The Hall–Kier alpha value is -2.06. The molecule has 0 radical (unpaired) electrons. The predicted octanol–water partition coefficient (Wildman–Crippen LogP) is 0.363. The fourth-order valence-corrected chi connectivity index (χ4v) is 0.978. The van der Waals surface area contributed by atoms with Crippen molar-refractivity contribution < 1.29 is 18.0 Å². The molecule has 1 rings (SSSR count). The highest BCUT2D eigenvalue weighted by molar-refractivity contribution is 5.82. The molecule has 0 saturated carbocycles. The highest BCUT2D eigenvalue weighted by atomic mass is 19.4. The van der Waals surface area contributed by atoms with Gasteiger partial charge in [0.2, 0.25) is 11.9 Å². The summed E-state index contributed by atoms with van der Waals surface area (Å²) in [5, 5.41) is 2.39. The fraction of sp³-hybridized carbons (Fsp3) is 0.375. The molecule has 0 saturated heterocycles. The van der Waals surface area contributed by atoms with Crippen molar-refractivity contribution in [3.05, 3.63) is 11.8 Å². The number of nitrogens with one attached hydrogen (secondary N) is 1. The van der Waals surface area contributed by atoms with Gasteiger partial charge in [0, 0.05) is 6.07 Å². The van der Waals surface area contributed by atoms with E-state index in [-0.39, 0.29) is 5.82 Å². The van der Waals surface area contributed by atoms with Gasteiger partial charge in [-0.2, -0.15) is 18.2 Å². The zero-order chi connectivity index (χ0) is 13.2. The summed E-state index contributed by atoms with van der Waals surface area (Å²) < 4.78 is 37.1. The molecule has 0 bridgehead atoms. The Morgan fingerprint density at radius 1 is 1.47 bits per heavy atom. The predicted molar refractivity (Wildman–Crippen MR) is 53.7 cm³/mol. The molecule has 1 heterocycles. The van der Waals surface area contributed by atoms with Crippen molar-refractivity contribution in [2.75, 3.05) is 11.1 Å². The summed E-state index contributed by atoms with van der Waals surface area (Å²) in [6, 6.07) is -0.221. The highest BCUT2D eigenvalue weighted by Gasteiger charge is 2.33. The normalized spacial score (nSPS) is 13.2. The number of nitrogens with two attached hydrogens (primary N) is 2. The Balaban J connectivity index is 3.02. The van der Waals surface area contributed by atoms with E-state index < -0.39 is 29.8 Å². The van der Waals surface area contributed by atoms with Crippen molar-refractivity contribution in [1.29, 1.82) is 0 Å². The molecule has 0 aliphatic rings. The number of nitrogen functional groups attached to an aromatic ring is 1. The van der Waals surface area contributed by atoms with Crippen LogP contribution in [-0.2, 0) is 11.0 Å². The molecule has 94 valence electrons. The lowest BCUT2D eigenvalue weighted by molar-refractivity contribution is -0.141. The summed E-state index contributed by atoms with van der Waals surface area (Å²) in [7, 11) is 0. The second-order valence-corrected chi connectivity index (χ2v) is 3.26. The standard InChI is InChI=1S/C8H10F3N5O/c1-3(6(12)17)14-5-2-4(8(9,10)11)15-7(13)16-5/h2-3H,1H3,(H2,12,17)(H3,13,14,15,16). The van der Waals surface area contributed by atoms with E-state index in [0.29, 0.717) is 6.07 Å². The van der Waals surface area contributed by atoms with Crippen LogP contribution >= 0.6 is 0 Å². The van der Waals surface area contributed by atoms with Gasteiger partial charge in [-0.05, 0) is 6.92 Å². The summed E-state index contributed by atoms with van der Waals surface area (Å²) in [6.45, 7) is 1.38. The molecule has 0 fully saturated rings. The monoisotopic (exact) mass is 249 g/mol. The Morgan fingerprint density at radius 2 is 2.06 bits per heavy atom. The van der Waals surface area contributed by atoms with Gasteiger partial charge in [-0.25, -0.2) is 4.98 Å². The topological polar surface area (TPSA) is 107 Å². The number of anilines is 2. The van der Waals surface area contributed by atoms with Gasteiger partial charge in [-0.15, -0.1) is 0 Å². The first-order valence-corrected chi connectivity index (χ1v) is 4.47. The van der Waals surface area contributed by atoms with Crippen molar-refractivity contribution in [3.63, 3.8) is 0 Å². The van der Waals surface area contributed by atoms with E-state index >= 15 is 0 Å². The average Bonchev–Trinajstić information content (AvgIpc) is 2.15. The number of amides is 1. The summed E-state index contributed by atoms with van der Waals surface area (Å²) in [5.74, 6) is -1.48. The van der Waals surface area contributed by atoms with Crippen molar-refractivity contribution in [2.24, 2.45) is 5.73 Å². The van der Waals surface area contributed by atoms with Gasteiger partial charge in [-0.3, -0.25) is 4.79 Å². The summed E-state index contributed by atoms with van der Waals surface area (Å²) in [5.41, 5.74) is 8.89. The lowest BCUT2D eigenvalue weighted by Gasteiger charge is -2.13. The number of carbonyl (C=O) groups excluding carboxylic acids is 1. The number of primary amides is 1. The van der Waals surface area contributed by atoms with E-state index in [9.17, 15) is 18.0 Å². The van der Waals surface area contributed by atoms with E-state index in [1.165, 1.54) is 6.92 Å². The van der Waals surface area contributed by atoms with Crippen LogP contribution in [0.3, 0.4) is 0 Å². The fourth-order valence-electron chi connectivity index (χ4n) is 0.978. The molecule has 6 nitrogen and oxygen atoms in total. The van der Waals surface area contributed by atoms with Gasteiger partial charge in [0.15, 0.2) is 5.69 Å². The minimum Gasteiger partial charge on any atom is -0.368 e. The third kappa shape index (κ3) is 3.47. The molecule has 0 aliphatic carbocycles. The first kappa shape index (κ1) is 13.0. The molecule has 1 atom stereocenters. The Bertz CT molecular complexity index is 434. The molecule has 1 unspecified atom stereocenters. The molecule has 9 heteroatoms. The van der Waals surface area contributed by atoms with Gasteiger partial charge < -0.3 is 16.8 Å². The molecular formula is C8H10F3N5O. The molecule has 5 N–H and O–H groups in total. The minimum atomic E-state index is -4.64. The number of rotatable bonds is 3. The number of hydrogen-bond donors (Lipinski definition) is 3. The van der Waals surface area contributed by atoms with Crippen LogP contribution in [0, 0.1) is 0 Å². The van der Waals surface area contributed by atoms with E-state index in [4.69, 9.17) is 11.5 Å². The maximum atomic E-state index is 12.4.